The van der Waals surface area contributed by atoms with Gasteiger partial charge in [0.05, 0.1) is 0 Å². The summed E-state index contributed by atoms with van der Waals surface area (Å²) in [4.78, 5) is 1.62. The van der Waals surface area contributed by atoms with Crippen LogP contribution >= 0.6 is 0 Å². The third kappa shape index (κ3) is 7.87. The maximum atomic E-state index is 11.1. The number of hydrogen-bond acceptors (Lipinski definition) is 3. The zero-order valence-corrected chi connectivity index (χ0v) is 20.9. The molecule has 1 aromatic heterocycles. The minimum atomic E-state index is 0.340. The largest absolute Gasteiger partial charge is 0.505 e. The number of benzene rings is 2. The molecule has 0 fully saturated rings. The van der Waals surface area contributed by atoms with Gasteiger partial charge < -0.3 is 5.11 Å². The summed E-state index contributed by atoms with van der Waals surface area (Å²) in [5, 5.41) is 20.4. The lowest BCUT2D eigenvalue weighted by molar-refractivity contribution is 0.458. The Bertz CT molecular complexity index is 930. The van der Waals surface area contributed by atoms with Gasteiger partial charge in [-0.05, 0) is 55.0 Å². The zero-order valence-electron chi connectivity index (χ0n) is 20.9. The molecule has 180 valence electrons. The van der Waals surface area contributed by atoms with Gasteiger partial charge >= 0.3 is 0 Å². The van der Waals surface area contributed by atoms with Crippen molar-refractivity contribution in [3.8, 4) is 11.4 Å². The molecule has 0 aliphatic heterocycles. The summed E-state index contributed by atoms with van der Waals surface area (Å²) in [5.74, 6) is 0.340. The first-order valence-corrected chi connectivity index (χ1v) is 13.4. The third-order valence-corrected chi connectivity index (χ3v) is 6.60. The Morgan fingerprint density at radius 2 is 1.18 bits per heavy atom. The molecule has 3 aromatic rings. The molecule has 0 bridgehead atoms. The fraction of sp³-hybridized carbons (Fsp3) is 0.586. The fourth-order valence-electron chi connectivity index (χ4n) is 4.58. The van der Waals surface area contributed by atoms with E-state index in [0.717, 1.165) is 35.9 Å². The van der Waals surface area contributed by atoms with Crippen LogP contribution in [0.25, 0.3) is 16.7 Å². The number of hydrogen-bond donors (Lipinski definition) is 1. The van der Waals surface area contributed by atoms with Crippen LogP contribution < -0.4 is 0 Å². The number of unbranched alkanes of at least 4 members (excludes halogenated alkanes) is 11. The summed E-state index contributed by atoms with van der Waals surface area (Å²) in [6.45, 7) is 4.52. The second-order valence-corrected chi connectivity index (χ2v) is 9.49. The van der Waals surface area contributed by atoms with Crippen LogP contribution in [0.2, 0.25) is 0 Å². The van der Waals surface area contributed by atoms with Gasteiger partial charge in [0.25, 0.3) is 0 Å². The van der Waals surface area contributed by atoms with E-state index < -0.39 is 0 Å². The van der Waals surface area contributed by atoms with E-state index in [1.54, 1.807) is 4.80 Å². The van der Waals surface area contributed by atoms with E-state index in [1.165, 1.54) is 82.6 Å². The highest BCUT2D eigenvalue weighted by atomic mass is 16.3. The van der Waals surface area contributed by atoms with Crippen molar-refractivity contribution in [2.24, 2.45) is 0 Å². The molecule has 2 aromatic carbocycles. The minimum absolute atomic E-state index is 0.340. The molecule has 1 N–H and O–H groups in total. The Morgan fingerprint density at radius 1 is 0.667 bits per heavy atom. The van der Waals surface area contributed by atoms with E-state index >= 15 is 0 Å². The molecule has 0 radical (unpaired) electrons. The first kappa shape index (κ1) is 25.3. The predicted octanol–water partition coefficient (Wildman–Crippen LogP) is 8.32. The number of aromatic nitrogens is 3. The van der Waals surface area contributed by atoms with Gasteiger partial charge in [-0.2, -0.15) is 0 Å². The van der Waals surface area contributed by atoms with Gasteiger partial charge in [0, 0.05) is 0 Å². The van der Waals surface area contributed by atoms with Gasteiger partial charge in [0.1, 0.15) is 22.5 Å². The maximum Gasteiger partial charge on any atom is 0.146 e. The zero-order chi connectivity index (χ0) is 23.3. The normalized spacial score (nSPS) is 11.5. The van der Waals surface area contributed by atoms with Gasteiger partial charge in [-0.1, -0.05) is 103 Å². The molecule has 0 unspecified atom stereocenters. The lowest BCUT2D eigenvalue weighted by Gasteiger charge is -2.13. The molecule has 4 nitrogen and oxygen atoms in total. The van der Waals surface area contributed by atoms with Crippen LogP contribution in [0, 0.1) is 0 Å². The van der Waals surface area contributed by atoms with Crippen molar-refractivity contribution in [2.75, 3.05) is 0 Å². The third-order valence-electron chi connectivity index (χ3n) is 6.60. The average Bonchev–Trinajstić information content (AvgIpc) is 3.26. The van der Waals surface area contributed by atoms with Crippen LogP contribution in [-0.2, 0) is 12.8 Å². The minimum Gasteiger partial charge on any atom is -0.505 e. The fourth-order valence-corrected chi connectivity index (χ4v) is 4.58. The first-order valence-electron chi connectivity index (χ1n) is 13.4. The highest BCUT2D eigenvalue weighted by molar-refractivity contribution is 5.73. The number of aromatic hydroxyl groups is 1. The van der Waals surface area contributed by atoms with E-state index in [1.807, 2.05) is 24.3 Å². The Labute approximate surface area is 200 Å². The Hall–Kier alpha value is -2.36. The monoisotopic (exact) mass is 449 g/mol. The van der Waals surface area contributed by atoms with Crippen molar-refractivity contribution < 1.29 is 5.11 Å². The topological polar surface area (TPSA) is 50.9 Å². The lowest BCUT2D eigenvalue weighted by atomic mass is 9.98. The molecule has 0 amide bonds. The van der Waals surface area contributed by atoms with Crippen molar-refractivity contribution >= 4 is 11.0 Å². The van der Waals surface area contributed by atoms with Crippen molar-refractivity contribution in [1.29, 1.82) is 0 Å². The van der Waals surface area contributed by atoms with Crippen molar-refractivity contribution in [1.82, 2.24) is 15.0 Å². The van der Waals surface area contributed by atoms with Crippen LogP contribution in [0.1, 0.15) is 108 Å². The van der Waals surface area contributed by atoms with E-state index in [9.17, 15) is 5.11 Å². The van der Waals surface area contributed by atoms with E-state index in [2.05, 4.69) is 36.2 Å². The first-order chi connectivity index (χ1) is 16.2. The number of phenolic OH excluding ortho intramolecular Hbond substituents is 1. The van der Waals surface area contributed by atoms with E-state index in [4.69, 9.17) is 0 Å². The van der Waals surface area contributed by atoms with Gasteiger partial charge in [-0.3, -0.25) is 0 Å². The van der Waals surface area contributed by atoms with Gasteiger partial charge in [-0.25, -0.2) is 0 Å². The average molecular weight is 450 g/mol. The van der Waals surface area contributed by atoms with Crippen LogP contribution in [0.4, 0.5) is 0 Å². The van der Waals surface area contributed by atoms with Gasteiger partial charge in [0.2, 0.25) is 0 Å². The maximum absolute atomic E-state index is 11.1. The second kappa shape index (κ2) is 14.0. The SMILES string of the molecule is CCCCCCCCCCCc1cc(CCCCCC)cc(-n2nc3ccccc3n2)c1O. The second-order valence-electron chi connectivity index (χ2n) is 9.49. The number of rotatable bonds is 16. The molecule has 0 atom stereocenters. The molecule has 0 saturated heterocycles. The summed E-state index contributed by atoms with van der Waals surface area (Å²) in [7, 11) is 0. The quantitative estimate of drug-likeness (QED) is 0.224. The smallest absolute Gasteiger partial charge is 0.146 e. The summed E-state index contributed by atoms with van der Waals surface area (Å²) < 4.78 is 0. The highest BCUT2D eigenvalue weighted by Gasteiger charge is 2.14. The molecule has 4 heteroatoms. The lowest BCUT2D eigenvalue weighted by Crippen LogP contribution is -2.03. The Kier molecular flexibility index (Phi) is 10.7. The van der Waals surface area contributed by atoms with Crippen molar-refractivity contribution in [3.63, 3.8) is 0 Å². The number of phenols is 1. The molecule has 1 heterocycles. The molecule has 0 aliphatic rings. The van der Waals surface area contributed by atoms with Gasteiger partial charge in [-0.15, -0.1) is 15.0 Å². The number of nitrogens with zero attached hydrogens (tertiary/aromatic N) is 3. The molecular formula is C29H43N3O. The van der Waals surface area contributed by atoms with Crippen LogP contribution in [0.3, 0.4) is 0 Å². The summed E-state index contributed by atoms with van der Waals surface area (Å²) >= 11 is 0. The molecule has 0 spiro atoms. The van der Waals surface area contributed by atoms with E-state index in [0.29, 0.717) is 11.4 Å². The van der Waals surface area contributed by atoms with Crippen LogP contribution in [0.5, 0.6) is 5.75 Å². The number of aryl methyl sites for hydroxylation is 2. The standard InChI is InChI=1S/C29H43N3O/c1-3-5-7-9-10-11-12-13-15-19-25-22-24(18-14-8-6-4-2)23-28(29(25)33)32-30-26-20-16-17-21-27(26)31-32/h16-17,20-23,33H,3-15,18-19H2,1-2H3. The molecule has 0 saturated carbocycles. The van der Waals surface area contributed by atoms with E-state index in [-0.39, 0.29) is 0 Å². The molecule has 33 heavy (non-hydrogen) atoms. The van der Waals surface area contributed by atoms with Crippen LogP contribution in [-0.4, -0.2) is 20.1 Å². The molecular weight excluding hydrogens is 406 g/mol. The summed E-state index contributed by atoms with van der Waals surface area (Å²) in [6.07, 6.45) is 18.7. The number of fused-ring (bicyclic) bond motifs is 1. The Morgan fingerprint density at radius 3 is 1.79 bits per heavy atom. The summed E-state index contributed by atoms with van der Waals surface area (Å²) in [5.41, 5.74) is 4.75. The highest BCUT2D eigenvalue weighted by Crippen LogP contribution is 2.30. The molecule has 0 aliphatic carbocycles. The summed E-state index contributed by atoms with van der Waals surface area (Å²) in [6, 6.07) is 12.2. The van der Waals surface area contributed by atoms with Crippen LogP contribution in [0.15, 0.2) is 36.4 Å². The van der Waals surface area contributed by atoms with Crippen molar-refractivity contribution in [2.45, 2.75) is 110 Å². The van der Waals surface area contributed by atoms with Crippen molar-refractivity contribution in [3.05, 3.63) is 47.5 Å². The van der Waals surface area contributed by atoms with Gasteiger partial charge in [0.15, 0.2) is 0 Å². The molecule has 3 rings (SSSR count). The predicted molar refractivity (Wildman–Crippen MR) is 139 cm³/mol. The Balaban J connectivity index is 1.66.